The summed E-state index contributed by atoms with van der Waals surface area (Å²) >= 11 is 0. The number of alkyl halides is 2. The minimum atomic E-state index is -2.90. The van der Waals surface area contributed by atoms with Crippen molar-refractivity contribution in [2.45, 2.75) is 33.4 Å². The van der Waals surface area contributed by atoms with Crippen LogP contribution in [-0.4, -0.2) is 46.0 Å². The fourth-order valence-corrected chi connectivity index (χ4v) is 2.03. The van der Waals surface area contributed by atoms with Crippen LogP contribution >= 0.6 is 24.0 Å². The summed E-state index contributed by atoms with van der Waals surface area (Å²) in [5, 5.41) is 6.29. The first-order valence-corrected chi connectivity index (χ1v) is 8.32. The Bertz CT molecular complexity index is 534. The molecule has 1 aromatic rings. The van der Waals surface area contributed by atoms with Crippen molar-refractivity contribution < 1.29 is 23.0 Å². The number of rotatable bonds is 11. The van der Waals surface area contributed by atoms with Crippen molar-refractivity contribution in [3.05, 3.63) is 23.8 Å². The van der Waals surface area contributed by atoms with E-state index in [0.29, 0.717) is 43.6 Å². The van der Waals surface area contributed by atoms with Crippen LogP contribution in [0.25, 0.3) is 0 Å². The molecule has 0 aliphatic heterocycles. The highest BCUT2D eigenvalue weighted by molar-refractivity contribution is 14.0. The fraction of sp³-hybridized carbons (Fsp3) is 0.588. The number of nitrogens with one attached hydrogen (secondary N) is 2. The standard InChI is InChI=1S/C17H27F2N3O3.HI/c1-4-20-17(21-9-6-10-24-5-2)22-12-13-7-8-14(23-3)11-15(13)25-16(18)19;/h7-8,11,16H,4-6,9-10,12H2,1-3H3,(H2,20,21,22);1H. The number of aliphatic imine (C=N–C) groups is 1. The van der Waals surface area contributed by atoms with E-state index in [0.717, 1.165) is 6.42 Å². The molecule has 9 heteroatoms. The van der Waals surface area contributed by atoms with E-state index in [-0.39, 0.29) is 36.3 Å². The maximum atomic E-state index is 12.6. The van der Waals surface area contributed by atoms with Crippen LogP contribution in [0, 0.1) is 0 Å². The van der Waals surface area contributed by atoms with Crippen molar-refractivity contribution >= 4 is 29.9 Å². The van der Waals surface area contributed by atoms with Gasteiger partial charge in [0.2, 0.25) is 0 Å². The summed E-state index contributed by atoms with van der Waals surface area (Å²) in [5.41, 5.74) is 0.549. The minimum absolute atomic E-state index is 0. The van der Waals surface area contributed by atoms with Crippen LogP contribution in [0.3, 0.4) is 0 Å². The lowest BCUT2D eigenvalue weighted by atomic mass is 10.2. The van der Waals surface area contributed by atoms with E-state index in [9.17, 15) is 8.78 Å². The molecule has 150 valence electrons. The Hall–Kier alpha value is -1.36. The first kappa shape index (κ1) is 24.6. The van der Waals surface area contributed by atoms with E-state index in [4.69, 9.17) is 9.47 Å². The molecule has 0 aromatic heterocycles. The van der Waals surface area contributed by atoms with E-state index < -0.39 is 6.61 Å². The van der Waals surface area contributed by atoms with Gasteiger partial charge in [-0.3, -0.25) is 0 Å². The highest BCUT2D eigenvalue weighted by atomic mass is 127. The average molecular weight is 487 g/mol. The van der Waals surface area contributed by atoms with Gasteiger partial charge >= 0.3 is 6.61 Å². The van der Waals surface area contributed by atoms with Crippen LogP contribution in [0.1, 0.15) is 25.8 Å². The van der Waals surface area contributed by atoms with E-state index >= 15 is 0 Å². The van der Waals surface area contributed by atoms with Gasteiger partial charge in [-0.05, 0) is 32.4 Å². The maximum absolute atomic E-state index is 12.6. The van der Waals surface area contributed by atoms with E-state index in [1.54, 1.807) is 12.1 Å². The number of methoxy groups -OCH3 is 1. The lowest BCUT2D eigenvalue weighted by Crippen LogP contribution is -2.38. The van der Waals surface area contributed by atoms with Crippen LogP contribution in [0.15, 0.2) is 23.2 Å². The molecule has 6 nitrogen and oxygen atoms in total. The number of nitrogens with zero attached hydrogens (tertiary/aromatic N) is 1. The zero-order valence-corrected chi connectivity index (χ0v) is 17.7. The number of benzene rings is 1. The molecule has 1 rings (SSSR count). The van der Waals surface area contributed by atoms with Crippen LogP contribution in [-0.2, 0) is 11.3 Å². The SMILES string of the molecule is CCNC(=NCc1ccc(OC)cc1OC(F)F)NCCCOCC.I. The Morgan fingerprint density at radius 2 is 2.00 bits per heavy atom. The van der Waals surface area contributed by atoms with Crippen molar-refractivity contribution in [1.82, 2.24) is 10.6 Å². The predicted octanol–water partition coefficient (Wildman–Crippen LogP) is 3.40. The fourth-order valence-electron chi connectivity index (χ4n) is 2.03. The highest BCUT2D eigenvalue weighted by Gasteiger charge is 2.11. The summed E-state index contributed by atoms with van der Waals surface area (Å²) < 4.78 is 40.1. The topological polar surface area (TPSA) is 64.1 Å². The molecule has 0 bridgehead atoms. The Labute approximate surface area is 170 Å². The molecule has 0 aliphatic rings. The number of halogens is 3. The molecule has 0 amide bonds. The third-order valence-electron chi connectivity index (χ3n) is 3.20. The lowest BCUT2D eigenvalue weighted by molar-refractivity contribution is -0.0505. The smallest absolute Gasteiger partial charge is 0.387 e. The second-order valence-electron chi connectivity index (χ2n) is 5.02. The van der Waals surface area contributed by atoms with Gasteiger partial charge in [-0.25, -0.2) is 4.99 Å². The molecule has 0 heterocycles. The monoisotopic (exact) mass is 487 g/mol. The molecule has 0 atom stereocenters. The number of hydrogen-bond donors (Lipinski definition) is 2. The largest absolute Gasteiger partial charge is 0.497 e. The molecular formula is C17H28F2IN3O3. The lowest BCUT2D eigenvalue weighted by Gasteiger charge is -2.13. The summed E-state index contributed by atoms with van der Waals surface area (Å²) in [7, 11) is 1.47. The molecule has 0 saturated heterocycles. The van der Waals surface area contributed by atoms with Gasteiger partial charge < -0.3 is 24.8 Å². The summed E-state index contributed by atoms with van der Waals surface area (Å²) in [4.78, 5) is 4.41. The Morgan fingerprint density at radius 1 is 1.23 bits per heavy atom. The quantitative estimate of drug-likeness (QED) is 0.217. The van der Waals surface area contributed by atoms with Crippen molar-refractivity contribution in [3.63, 3.8) is 0 Å². The molecule has 0 spiro atoms. The van der Waals surface area contributed by atoms with Gasteiger partial charge in [0.15, 0.2) is 5.96 Å². The number of ether oxygens (including phenoxy) is 3. The van der Waals surface area contributed by atoms with Gasteiger partial charge in [0.1, 0.15) is 11.5 Å². The van der Waals surface area contributed by atoms with E-state index in [1.165, 1.54) is 13.2 Å². The van der Waals surface area contributed by atoms with Gasteiger partial charge in [0, 0.05) is 37.9 Å². The molecule has 0 radical (unpaired) electrons. The number of guanidine groups is 1. The Kier molecular flexibility index (Phi) is 14.0. The molecule has 1 aromatic carbocycles. The molecule has 0 saturated carbocycles. The average Bonchev–Trinajstić information content (AvgIpc) is 2.59. The minimum Gasteiger partial charge on any atom is -0.497 e. The Balaban J connectivity index is 0.00000625. The van der Waals surface area contributed by atoms with Gasteiger partial charge in [-0.1, -0.05) is 0 Å². The third kappa shape index (κ3) is 9.95. The van der Waals surface area contributed by atoms with Crippen LogP contribution in [0.4, 0.5) is 8.78 Å². The van der Waals surface area contributed by atoms with Crippen molar-refractivity contribution in [2.24, 2.45) is 4.99 Å². The van der Waals surface area contributed by atoms with Gasteiger partial charge in [0.05, 0.1) is 13.7 Å². The predicted molar refractivity (Wildman–Crippen MR) is 109 cm³/mol. The van der Waals surface area contributed by atoms with Crippen LogP contribution in [0.2, 0.25) is 0 Å². The molecular weight excluding hydrogens is 459 g/mol. The summed E-state index contributed by atoms with van der Waals surface area (Å²) in [5.74, 6) is 1.12. The second kappa shape index (κ2) is 14.8. The molecule has 0 unspecified atom stereocenters. The summed E-state index contributed by atoms with van der Waals surface area (Å²) in [6.45, 7) is 3.97. The second-order valence-corrected chi connectivity index (χ2v) is 5.02. The van der Waals surface area contributed by atoms with E-state index in [2.05, 4.69) is 20.4 Å². The normalized spacial score (nSPS) is 11.1. The Morgan fingerprint density at radius 3 is 2.62 bits per heavy atom. The van der Waals surface area contributed by atoms with Crippen LogP contribution < -0.4 is 20.1 Å². The van der Waals surface area contributed by atoms with Gasteiger partial charge in [0.25, 0.3) is 0 Å². The number of hydrogen-bond acceptors (Lipinski definition) is 4. The summed E-state index contributed by atoms with van der Waals surface area (Å²) in [6, 6.07) is 4.78. The zero-order valence-electron chi connectivity index (χ0n) is 15.4. The molecule has 0 aliphatic carbocycles. The van der Waals surface area contributed by atoms with Crippen molar-refractivity contribution in [1.29, 1.82) is 0 Å². The molecule has 2 N–H and O–H groups in total. The van der Waals surface area contributed by atoms with E-state index in [1.807, 2.05) is 13.8 Å². The zero-order chi connectivity index (χ0) is 18.5. The molecule has 26 heavy (non-hydrogen) atoms. The molecule has 0 fully saturated rings. The van der Waals surface area contributed by atoms with Gasteiger partial charge in [-0.2, -0.15) is 8.78 Å². The first-order valence-electron chi connectivity index (χ1n) is 8.32. The maximum Gasteiger partial charge on any atom is 0.387 e. The van der Waals surface area contributed by atoms with Gasteiger partial charge in [-0.15, -0.1) is 24.0 Å². The third-order valence-corrected chi connectivity index (χ3v) is 3.20. The highest BCUT2D eigenvalue weighted by Crippen LogP contribution is 2.27. The van der Waals surface area contributed by atoms with Crippen LogP contribution in [0.5, 0.6) is 11.5 Å². The van der Waals surface area contributed by atoms with Crippen molar-refractivity contribution in [2.75, 3.05) is 33.4 Å². The summed E-state index contributed by atoms with van der Waals surface area (Å²) in [6.07, 6.45) is 0.848. The first-order chi connectivity index (χ1) is 12.1. The van der Waals surface area contributed by atoms with Crippen molar-refractivity contribution in [3.8, 4) is 11.5 Å².